The van der Waals surface area contributed by atoms with Gasteiger partial charge in [-0.05, 0) is 19.4 Å². The Kier molecular flexibility index (Phi) is 5.33. The molecule has 0 aliphatic rings. The third-order valence-electron chi connectivity index (χ3n) is 2.84. The smallest absolute Gasteiger partial charge is 0.340 e. The quantitative estimate of drug-likeness (QED) is 0.649. The molecule has 0 amide bonds. The van der Waals surface area contributed by atoms with Gasteiger partial charge in [-0.25, -0.2) is 8.78 Å². The van der Waals surface area contributed by atoms with E-state index in [1.54, 1.807) is 0 Å². The van der Waals surface area contributed by atoms with Crippen LogP contribution in [0.4, 0.5) is 17.6 Å². The van der Waals surface area contributed by atoms with Crippen molar-refractivity contribution in [2.75, 3.05) is 0 Å². The minimum absolute atomic E-state index is 0.476. The number of benzene rings is 1. The summed E-state index contributed by atoms with van der Waals surface area (Å²) >= 11 is 0. The average molecular weight is 308 g/mol. The Balaban J connectivity index is 3.21. The lowest BCUT2D eigenvalue weighted by Gasteiger charge is -2.35. The lowest BCUT2D eigenvalue weighted by molar-refractivity contribution is -0.252. The summed E-state index contributed by atoms with van der Waals surface area (Å²) in [5.74, 6) is -5.98. The molecule has 0 aromatic heterocycles. The van der Waals surface area contributed by atoms with Gasteiger partial charge in [-0.1, -0.05) is 30.3 Å². The highest BCUT2D eigenvalue weighted by Gasteiger charge is 2.61. The molecule has 118 valence electrons. The third-order valence-corrected chi connectivity index (χ3v) is 2.84. The normalized spacial score (nSPS) is 15.1. The maximum atomic E-state index is 13.8. The van der Waals surface area contributed by atoms with E-state index in [4.69, 9.17) is 0 Å². The topological polar surface area (TPSA) is 46.5 Å². The van der Waals surface area contributed by atoms with Crippen LogP contribution in [0.5, 0.6) is 0 Å². The van der Waals surface area contributed by atoms with Crippen LogP contribution < -0.4 is 0 Å². The molecule has 7 heteroatoms. The Hall–Kier alpha value is -1.63. The van der Waals surface area contributed by atoms with E-state index in [0.717, 1.165) is 12.1 Å². The molecular weight excluding hydrogens is 292 g/mol. The maximum Gasteiger partial charge on any atom is 0.340 e. The molecule has 1 rings (SSSR count). The van der Waals surface area contributed by atoms with Crippen molar-refractivity contribution >= 4 is 5.97 Å². The second-order valence-corrected chi connectivity index (χ2v) is 4.87. The molecule has 0 saturated heterocycles. The Labute approximate surface area is 119 Å². The van der Waals surface area contributed by atoms with Crippen LogP contribution in [0.3, 0.4) is 0 Å². The molecule has 1 N–H and O–H groups in total. The minimum Gasteiger partial charge on any atom is -0.463 e. The van der Waals surface area contributed by atoms with Crippen LogP contribution in [0.25, 0.3) is 0 Å². The number of carbonyl (C=O) groups excluding carboxylic acids is 1. The van der Waals surface area contributed by atoms with Gasteiger partial charge >= 0.3 is 18.3 Å². The van der Waals surface area contributed by atoms with E-state index < -0.39 is 42.0 Å². The minimum atomic E-state index is -4.80. The van der Waals surface area contributed by atoms with Crippen molar-refractivity contribution in [1.82, 2.24) is 0 Å². The summed E-state index contributed by atoms with van der Waals surface area (Å²) in [6.07, 6.45) is -6.01. The van der Waals surface area contributed by atoms with Gasteiger partial charge in [0.15, 0.2) is 5.60 Å². The van der Waals surface area contributed by atoms with Crippen molar-refractivity contribution in [2.45, 2.75) is 44.3 Å². The van der Waals surface area contributed by atoms with E-state index in [1.807, 2.05) is 0 Å². The van der Waals surface area contributed by atoms with E-state index in [1.165, 1.54) is 32.0 Å². The first-order chi connectivity index (χ1) is 9.61. The van der Waals surface area contributed by atoms with Crippen molar-refractivity contribution in [1.29, 1.82) is 0 Å². The molecular formula is C14H16F4O3. The molecule has 0 fully saturated rings. The molecule has 21 heavy (non-hydrogen) atoms. The highest BCUT2D eigenvalue weighted by molar-refractivity contribution is 5.71. The van der Waals surface area contributed by atoms with Crippen LogP contribution in [0.1, 0.15) is 25.8 Å². The van der Waals surface area contributed by atoms with Gasteiger partial charge in [0.1, 0.15) is 0 Å². The number of alkyl halides is 4. The average Bonchev–Trinajstić information content (AvgIpc) is 2.38. The molecule has 1 atom stereocenters. The van der Waals surface area contributed by atoms with Gasteiger partial charge in [-0.3, -0.25) is 4.79 Å². The van der Waals surface area contributed by atoms with Gasteiger partial charge in [0.2, 0.25) is 0 Å². The standard InChI is InChI=1S/C14H16F4O3/c1-9(2)21-11(19)8-13(20,14(17,18)12(15)16)10-6-4-3-5-7-10/h3-7,9,12,20H,8H2,1-2H3/t13-/m1/s1. The van der Waals surface area contributed by atoms with Crippen LogP contribution in [0, 0.1) is 0 Å². The zero-order valence-electron chi connectivity index (χ0n) is 11.5. The van der Waals surface area contributed by atoms with Crippen molar-refractivity contribution in [3.8, 4) is 0 Å². The molecule has 1 aromatic carbocycles. The second-order valence-electron chi connectivity index (χ2n) is 4.87. The van der Waals surface area contributed by atoms with Crippen molar-refractivity contribution in [3.05, 3.63) is 35.9 Å². The molecule has 3 nitrogen and oxygen atoms in total. The van der Waals surface area contributed by atoms with Gasteiger partial charge in [0.05, 0.1) is 12.5 Å². The van der Waals surface area contributed by atoms with Crippen LogP contribution in [0.2, 0.25) is 0 Å². The molecule has 0 radical (unpaired) electrons. The lowest BCUT2D eigenvalue weighted by atomic mass is 9.84. The first kappa shape index (κ1) is 17.4. The summed E-state index contributed by atoms with van der Waals surface area (Å²) in [6.45, 7) is 2.95. The first-order valence-electron chi connectivity index (χ1n) is 6.24. The predicted molar refractivity (Wildman–Crippen MR) is 67.1 cm³/mol. The van der Waals surface area contributed by atoms with Crippen molar-refractivity contribution in [3.63, 3.8) is 0 Å². The van der Waals surface area contributed by atoms with Crippen molar-refractivity contribution < 1.29 is 32.2 Å². The fraction of sp³-hybridized carbons (Fsp3) is 0.500. The van der Waals surface area contributed by atoms with E-state index in [-0.39, 0.29) is 0 Å². The highest BCUT2D eigenvalue weighted by atomic mass is 19.3. The number of carbonyl (C=O) groups is 1. The number of aliphatic hydroxyl groups is 1. The molecule has 0 unspecified atom stereocenters. The summed E-state index contributed by atoms with van der Waals surface area (Å²) in [5.41, 5.74) is -3.81. The zero-order valence-corrected chi connectivity index (χ0v) is 11.5. The molecule has 1 aromatic rings. The fourth-order valence-electron chi connectivity index (χ4n) is 1.82. The van der Waals surface area contributed by atoms with Crippen LogP contribution in [-0.4, -0.2) is 29.5 Å². The van der Waals surface area contributed by atoms with Crippen molar-refractivity contribution in [2.24, 2.45) is 0 Å². The number of hydrogen-bond acceptors (Lipinski definition) is 3. The molecule has 0 bridgehead atoms. The Morgan fingerprint density at radius 1 is 1.24 bits per heavy atom. The summed E-state index contributed by atoms with van der Waals surface area (Å²) in [5, 5.41) is 10.1. The fourth-order valence-corrected chi connectivity index (χ4v) is 1.82. The van der Waals surface area contributed by atoms with Gasteiger partial charge in [-0.15, -0.1) is 0 Å². The SMILES string of the molecule is CC(C)OC(=O)C[C@@](O)(c1ccccc1)C(F)(F)C(F)F. The molecule has 0 heterocycles. The zero-order chi connectivity index (χ0) is 16.3. The van der Waals surface area contributed by atoms with Crippen LogP contribution in [-0.2, 0) is 15.1 Å². The number of halogens is 4. The molecule has 0 aliphatic heterocycles. The Bertz CT molecular complexity index is 476. The van der Waals surface area contributed by atoms with E-state index in [9.17, 15) is 27.5 Å². The van der Waals surface area contributed by atoms with Crippen LogP contribution in [0.15, 0.2) is 30.3 Å². The molecule has 0 saturated carbocycles. The Morgan fingerprint density at radius 2 is 1.76 bits per heavy atom. The molecule has 0 spiro atoms. The Morgan fingerprint density at radius 3 is 2.19 bits per heavy atom. The monoisotopic (exact) mass is 308 g/mol. The number of ether oxygens (including phenoxy) is 1. The van der Waals surface area contributed by atoms with Gasteiger partial charge in [0.25, 0.3) is 0 Å². The lowest BCUT2D eigenvalue weighted by Crippen LogP contribution is -2.51. The van der Waals surface area contributed by atoms with Gasteiger partial charge < -0.3 is 9.84 Å². The van der Waals surface area contributed by atoms with Gasteiger partial charge in [-0.2, -0.15) is 8.78 Å². The van der Waals surface area contributed by atoms with Gasteiger partial charge in [0, 0.05) is 0 Å². The highest BCUT2D eigenvalue weighted by Crippen LogP contribution is 2.44. The maximum absolute atomic E-state index is 13.8. The predicted octanol–water partition coefficient (Wildman–Crippen LogP) is 3.12. The largest absolute Gasteiger partial charge is 0.463 e. The summed E-state index contributed by atoms with van der Waals surface area (Å²) in [7, 11) is 0. The number of esters is 1. The van der Waals surface area contributed by atoms with Crippen LogP contribution >= 0.6 is 0 Å². The van der Waals surface area contributed by atoms with E-state index in [0.29, 0.717) is 0 Å². The first-order valence-corrected chi connectivity index (χ1v) is 6.24. The number of rotatable bonds is 6. The summed E-state index contributed by atoms with van der Waals surface area (Å²) in [4.78, 5) is 11.6. The summed E-state index contributed by atoms with van der Waals surface area (Å²) in [6, 6.07) is 6.18. The molecule has 0 aliphatic carbocycles. The summed E-state index contributed by atoms with van der Waals surface area (Å²) < 4.78 is 57.5. The third kappa shape index (κ3) is 3.72. The second kappa shape index (κ2) is 6.43. The number of hydrogen-bond donors (Lipinski definition) is 1. The van der Waals surface area contributed by atoms with E-state index >= 15 is 0 Å². The van der Waals surface area contributed by atoms with E-state index in [2.05, 4.69) is 4.74 Å².